The van der Waals surface area contributed by atoms with Crippen molar-refractivity contribution in [3.8, 4) is 0 Å². The van der Waals surface area contributed by atoms with Crippen LogP contribution in [-0.4, -0.2) is 28.8 Å². The summed E-state index contributed by atoms with van der Waals surface area (Å²) >= 11 is 0. The zero-order chi connectivity index (χ0) is 18.5. The summed E-state index contributed by atoms with van der Waals surface area (Å²) in [6, 6.07) is 12.3. The Balaban J connectivity index is 1.72. The second kappa shape index (κ2) is 7.60. The Morgan fingerprint density at radius 1 is 1.15 bits per heavy atom. The van der Waals surface area contributed by atoms with Crippen LogP contribution in [0.5, 0.6) is 0 Å². The number of anilines is 1. The molecule has 0 fully saturated rings. The van der Waals surface area contributed by atoms with Crippen molar-refractivity contribution < 1.29 is 18.7 Å². The fourth-order valence-corrected chi connectivity index (χ4v) is 2.46. The molecule has 1 amide bonds. The molecule has 0 saturated heterocycles. The highest BCUT2D eigenvalue weighted by atomic mass is 19.1. The molecule has 0 radical (unpaired) electrons. The number of amides is 1. The molecule has 6 nitrogen and oxygen atoms in total. The third-order valence-corrected chi connectivity index (χ3v) is 3.75. The van der Waals surface area contributed by atoms with Crippen molar-refractivity contribution >= 4 is 17.6 Å². The average molecular weight is 353 g/mol. The van der Waals surface area contributed by atoms with Gasteiger partial charge in [0, 0.05) is 11.8 Å². The number of methoxy groups -OCH3 is 1. The molecule has 0 aliphatic rings. The zero-order valence-electron chi connectivity index (χ0n) is 14.0. The molecule has 1 N–H and O–H groups in total. The number of nitrogens with zero attached hydrogens (tertiary/aromatic N) is 2. The van der Waals surface area contributed by atoms with Gasteiger partial charge in [-0.3, -0.25) is 9.48 Å². The van der Waals surface area contributed by atoms with Gasteiger partial charge < -0.3 is 10.1 Å². The van der Waals surface area contributed by atoms with Crippen LogP contribution in [0.4, 0.5) is 10.1 Å². The lowest BCUT2D eigenvalue weighted by molar-refractivity contribution is 0.0599. The summed E-state index contributed by atoms with van der Waals surface area (Å²) in [5, 5.41) is 6.88. The maximum Gasteiger partial charge on any atom is 0.338 e. The fourth-order valence-electron chi connectivity index (χ4n) is 2.46. The Bertz CT molecular complexity index is 935. The van der Waals surface area contributed by atoms with Crippen molar-refractivity contribution in [2.75, 3.05) is 12.4 Å². The molecule has 1 heterocycles. The molecule has 3 aromatic rings. The van der Waals surface area contributed by atoms with E-state index < -0.39 is 11.8 Å². The highest BCUT2D eigenvalue weighted by molar-refractivity contribution is 6.04. The van der Waals surface area contributed by atoms with E-state index in [-0.39, 0.29) is 5.91 Å². The van der Waals surface area contributed by atoms with E-state index in [1.807, 2.05) is 12.1 Å². The lowest BCUT2D eigenvalue weighted by Crippen LogP contribution is -2.11. The number of halogens is 1. The van der Waals surface area contributed by atoms with Gasteiger partial charge in [0.15, 0.2) is 0 Å². The van der Waals surface area contributed by atoms with Crippen molar-refractivity contribution in [2.24, 2.45) is 0 Å². The van der Waals surface area contributed by atoms with Crippen LogP contribution < -0.4 is 5.32 Å². The largest absolute Gasteiger partial charge is 0.465 e. The molecule has 1 aromatic heterocycles. The van der Waals surface area contributed by atoms with Gasteiger partial charge in [-0.1, -0.05) is 18.2 Å². The van der Waals surface area contributed by atoms with Crippen molar-refractivity contribution in [1.82, 2.24) is 9.78 Å². The van der Waals surface area contributed by atoms with Gasteiger partial charge in [-0.2, -0.15) is 5.10 Å². The fraction of sp³-hybridized carbons (Fsp3) is 0.105. The molecule has 0 saturated carbocycles. The lowest BCUT2D eigenvalue weighted by Gasteiger charge is -2.07. The smallest absolute Gasteiger partial charge is 0.338 e. The van der Waals surface area contributed by atoms with Gasteiger partial charge in [-0.15, -0.1) is 0 Å². The van der Waals surface area contributed by atoms with Crippen LogP contribution >= 0.6 is 0 Å². The summed E-state index contributed by atoms with van der Waals surface area (Å²) in [5.74, 6) is -1.18. The Morgan fingerprint density at radius 3 is 2.62 bits per heavy atom. The van der Waals surface area contributed by atoms with Gasteiger partial charge in [-0.05, 0) is 35.9 Å². The van der Waals surface area contributed by atoms with Crippen molar-refractivity contribution in [3.05, 3.63) is 83.4 Å². The molecular weight excluding hydrogens is 337 g/mol. The van der Waals surface area contributed by atoms with E-state index >= 15 is 0 Å². The Labute approximate surface area is 149 Å². The number of aromatic nitrogens is 2. The van der Waals surface area contributed by atoms with Crippen LogP contribution in [0.2, 0.25) is 0 Å². The summed E-state index contributed by atoms with van der Waals surface area (Å²) in [5.41, 5.74) is 2.05. The minimum absolute atomic E-state index is 0.343. The Morgan fingerprint density at radius 2 is 1.88 bits per heavy atom. The number of hydrogen-bond donors (Lipinski definition) is 1. The number of rotatable bonds is 5. The maximum atomic E-state index is 12.9. The lowest BCUT2D eigenvalue weighted by atomic mass is 10.1. The summed E-state index contributed by atoms with van der Waals surface area (Å²) in [6.45, 7) is 0.345. The van der Waals surface area contributed by atoms with Crippen LogP contribution in [0, 0.1) is 5.82 Å². The second-order valence-corrected chi connectivity index (χ2v) is 5.54. The maximum absolute atomic E-state index is 12.9. The number of carbonyl (C=O) groups is 2. The Hall–Kier alpha value is -3.48. The summed E-state index contributed by atoms with van der Waals surface area (Å²) in [6.07, 6.45) is 3.15. The number of carbonyl (C=O) groups excluding carboxylic acids is 2. The molecule has 0 atom stereocenters. The van der Waals surface area contributed by atoms with Gasteiger partial charge in [0.25, 0.3) is 5.91 Å². The minimum Gasteiger partial charge on any atom is -0.465 e. The van der Waals surface area contributed by atoms with Crippen molar-refractivity contribution in [1.29, 1.82) is 0 Å². The average Bonchev–Trinajstić information content (AvgIpc) is 3.09. The zero-order valence-corrected chi connectivity index (χ0v) is 14.0. The first kappa shape index (κ1) is 17.3. The van der Waals surface area contributed by atoms with E-state index in [0.29, 0.717) is 23.4 Å². The number of hydrogen-bond acceptors (Lipinski definition) is 4. The summed E-state index contributed by atoms with van der Waals surface area (Å²) in [4.78, 5) is 24.0. The third kappa shape index (κ3) is 3.94. The van der Waals surface area contributed by atoms with Gasteiger partial charge in [0.1, 0.15) is 5.82 Å². The van der Waals surface area contributed by atoms with E-state index in [2.05, 4.69) is 10.4 Å². The first-order chi connectivity index (χ1) is 12.6. The van der Waals surface area contributed by atoms with Crippen molar-refractivity contribution in [2.45, 2.75) is 6.54 Å². The predicted molar refractivity (Wildman–Crippen MR) is 93.5 cm³/mol. The standard InChI is InChI=1S/C19H16FN3O3/c1-26-19(25)17-5-3-2-4-14(17)11-23-12-16(10-21-23)22-18(24)13-6-8-15(20)9-7-13/h2-10,12H,11H2,1H3,(H,22,24). The number of ether oxygens (including phenoxy) is 1. The number of benzene rings is 2. The molecule has 3 rings (SSSR count). The molecule has 0 bridgehead atoms. The first-order valence-corrected chi connectivity index (χ1v) is 7.82. The third-order valence-electron chi connectivity index (χ3n) is 3.75. The Kier molecular flexibility index (Phi) is 5.07. The summed E-state index contributed by atoms with van der Waals surface area (Å²) < 4.78 is 19.3. The van der Waals surface area contributed by atoms with Crippen LogP contribution in [0.1, 0.15) is 26.3 Å². The number of esters is 1. The van der Waals surface area contributed by atoms with E-state index in [4.69, 9.17) is 4.74 Å². The van der Waals surface area contributed by atoms with Crippen LogP contribution in [-0.2, 0) is 11.3 Å². The molecule has 0 unspecified atom stereocenters. The molecule has 0 aliphatic carbocycles. The topological polar surface area (TPSA) is 73.2 Å². The van der Waals surface area contributed by atoms with E-state index in [1.165, 1.54) is 37.6 Å². The SMILES string of the molecule is COC(=O)c1ccccc1Cn1cc(NC(=O)c2ccc(F)cc2)cn1. The number of nitrogens with one attached hydrogen (secondary N) is 1. The molecular formula is C19H16FN3O3. The molecule has 132 valence electrons. The highest BCUT2D eigenvalue weighted by Gasteiger charge is 2.12. The van der Waals surface area contributed by atoms with Gasteiger partial charge in [0.2, 0.25) is 0 Å². The first-order valence-electron chi connectivity index (χ1n) is 7.82. The van der Waals surface area contributed by atoms with Gasteiger partial charge >= 0.3 is 5.97 Å². The molecule has 2 aromatic carbocycles. The molecule has 0 aliphatic heterocycles. The van der Waals surface area contributed by atoms with Gasteiger partial charge in [-0.25, -0.2) is 9.18 Å². The monoisotopic (exact) mass is 353 g/mol. The second-order valence-electron chi connectivity index (χ2n) is 5.54. The summed E-state index contributed by atoms with van der Waals surface area (Å²) in [7, 11) is 1.33. The highest BCUT2D eigenvalue weighted by Crippen LogP contribution is 2.14. The quantitative estimate of drug-likeness (QED) is 0.716. The molecule has 0 spiro atoms. The van der Waals surface area contributed by atoms with E-state index in [0.717, 1.165) is 5.56 Å². The molecule has 26 heavy (non-hydrogen) atoms. The predicted octanol–water partition coefficient (Wildman–Crippen LogP) is 3.11. The van der Waals surface area contributed by atoms with Crippen LogP contribution in [0.3, 0.4) is 0 Å². The van der Waals surface area contributed by atoms with Crippen LogP contribution in [0.15, 0.2) is 60.9 Å². The van der Waals surface area contributed by atoms with Crippen molar-refractivity contribution in [3.63, 3.8) is 0 Å². The normalized spacial score (nSPS) is 10.4. The minimum atomic E-state index is -0.419. The van der Waals surface area contributed by atoms with Gasteiger partial charge in [0.05, 0.1) is 31.1 Å². The van der Waals surface area contributed by atoms with E-state index in [1.54, 1.807) is 23.0 Å². The molecule has 7 heteroatoms. The van der Waals surface area contributed by atoms with E-state index in [9.17, 15) is 14.0 Å². The van der Waals surface area contributed by atoms with Crippen LogP contribution in [0.25, 0.3) is 0 Å².